The first kappa shape index (κ1) is 81.3. The number of likely N-dealkylation sites (N-methyl/N-ethyl adjacent to an activating group) is 7. The summed E-state index contributed by atoms with van der Waals surface area (Å²) in [4.78, 5) is 188. The Hall–Kier alpha value is -5.34. The lowest BCUT2D eigenvalue weighted by atomic mass is 9.84. The third-order valence-electron chi connectivity index (χ3n) is 21.3. The lowest BCUT2D eigenvalue weighted by Gasteiger charge is -2.39. The molecule has 26 heteroatoms. The van der Waals surface area contributed by atoms with Crippen molar-refractivity contribution in [1.82, 2.24) is 60.5 Å². The number of amides is 12. The van der Waals surface area contributed by atoms with Crippen molar-refractivity contribution in [1.29, 1.82) is 0 Å². The van der Waals surface area contributed by atoms with E-state index in [4.69, 9.17) is 11.6 Å². The van der Waals surface area contributed by atoms with E-state index in [1.807, 2.05) is 27.7 Å². The predicted molar refractivity (Wildman–Crippen MR) is 378 cm³/mol. The van der Waals surface area contributed by atoms with Crippen LogP contribution in [0.5, 0.6) is 0 Å². The molecule has 96 heavy (non-hydrogen) atoms. The summed E-state index contributed by atoms with van der Waals surface area (Å²) in [5.41, 5.74) is -1.65. The second-order valence-corrected chi connectivity index (χ2v) is 32.0. The average Bonchev–Trinajstić information content (AvgIpc) is 1.64. The molecular weight excluding hydrogens is 1360 g/mol. The van der Waals surface area contributed by atoms with Crippen LogP contribution in [-0.2, 0) is 57.5 Å². The second kappa shape index (κ2) is 38.3. The molecule has 0 aromatic heterocycles. The number of nitrogens with one attached hydrogen (secondary N) is 4. The van der Waals surface area contributed by atoms with Gasteiger partial charge in [-0.05, 0) is 127 Å². The van der Waals surface area contributed by atoms with Crippen LogP contribution in [0.25, 0.3) is 0 Å². The average molecular weight is 1480 g/mol. The van der Waals surface area contributed by atoms with Gasteiger partial charge in [-0.1, -0.05) is 121 Å². The summed E-state index contributed by atoms with van der Waals surface area (Å²) >= 11 is 8.94. The molecular formula is C70H118ClIN12O12. The van der Waals surface area contributed by atoms with E-state index >= 15 is 14.4 Å². The van der Waals surface area contributed by atoms with Gasteiger partial charge < -0.3 is 60.5 Å². The fourth-order valence-electron chi connectivity index (χ4n) is 14.3. The molecule has 0 bridgehead atoms. The summed E-state index contributed by atoms with van der Waals surface area (Å²) in [6.07, 6.45) is 14.4. The van der Waals surface area contributed by atoms with E-state index in [1.165, 1.54) is 83.6 Å². The van der Waals surface area contributed by atoms with E-state index in [1.54, 1.807) is 25.7 Å². The molecule has 3 aliphatic carbocycles. The summed E-state index contributed by atoms with van der Waals surface area (Å²) in [6, 6.07) is -8.26. The number of likely N-dealkylation sites (tertiary alicyclic amines) is 1. The van der Waals surface area contributed by atoms with Crippen molar-refractivity contribution in [3.63, 3.8) is 0 Å². The van der Waals surface area contributed by atoms with Gasteiger partial charge in [0.2, 0.25) is 70.9 Å². The number of halogens is 2. The lowest BCUT2D eigenvalue weighted by Crippen LogP contribution is -2.63. The van der Waals surface area contributed by atoms with E-state index in [9.17, 15) is 43.2 Å². The number of nitrogens with zero attached hydrogens (tertiary/aromatic N) is 8. The van der Waals surface area contributed by atoms with E-state index in [-0.39, 0.29) is 61.2 Å². The van der Waals surface area contributed by atoms with Gasteiger partial charge in [-0.25, -0.2) is 0 Å². The van der Waals surface area contributed by atoms with Gasteiger partial charge >= 0.3 is 0 Å². The molecule has 2 heterocycles. The summed E-state index contributed by atoms with van der Waals surface area (Å²) in [6.45, 7) is 11.8. The Morgan fingerprint density at radius 2 is 1.15 bits per heavy atom. The van der Waals surface area contributed by atoms with E-state index in [0.29, 0.717) is 74.8 Å². The topological polar surface area (TPSA) is 279 Å². The molecule has 10 atom stereocenters. The number of carbonyl (C=O) groups is 12. The minimum absolute atomic E-state index is 0.00137. The summed E-state index contributed by atoms with van der Waals surface area (Å²) in [5, 5.41) is 11.8. The number of hydrogen-bond donors (Lipinski definition) is 4. The van der Waals surface area contributed by atoms with Crippen LogP contribution in [0.15, 0.2) is 0 Å². The number of hydrogen-bond acceptors (Lipinski definition) is 12. The minimum Gasteiger partial charge on any atom is -0.343 e. The van der Waals surface area contributed by atoms with E-state index in [2.05, 4.69) is 43.9 Å². The van der Waals surface area contributed by atoms with Gasteiger partial charge in [0.15, 0.2) is 0 Å². The highest BCUT2D eigenvalue weighted by Gasteiger charge is 2.45. The van der Waals surface area contributed by atoms with Gasteiger partial charge in [0.1, 0.15) is 47.8 Å². The van der Waals surface area contributed by atoms with Gasteiger partial charge in [0.25, 0.3) is 0 Å². The van der Waals surface area contributed by atoms with Crippen LogP contribution in [0.1, 0.15) is 203 Å². The largest absolute Gasteiger partial charge is 0.343 e. The predicted octanol–water partition coefficient (Wildman–Crippen LogP) is 5.87. The van der Waals surface area contributed by atoms with Crippen molar-refractivity contribution < 1.29 is 57.5 Å². The van der Waals surface area contributed by atoms with Crippen molar-refractivity contribution in [2.24, 2.45) is 29.6 Å². The fourth-order valence-corrected chi connectivity index (χ4v) is 15.7. The number of unbranched alkanes of at least 4 members (excludes halogenated alkanes) is 1. The monoisotopic (exact) mass is 1480 g/mol. The molecule has 2 unspecified atom stereocenters. The summed E-state index contributed by atoms with van der Waals surface area (Å²) < 4.78 is 0.345. The van der Waals surface area contributed by atoms with Crippen molar-refractivity contribution in [2.45, 2.75) is 260 Å². The molecule has 5 fully saturated rings. The van der Waals surface area contributed by atoms with Crippen LogP contribution in [0, 0.1) is 29.6 Å². The Bertz CT molecular complexity index is 2690. The Balaban J connectivity index is 1.60. The first-order valence-corrected chi connectivity index (χ1v) is 37.5. The van der Waals surface area contributed by atoms with Crippen LogP contribution in [0.3, 0.4) is 0 Å². The molecule has 0 aromatic carbocycles. The molecule has 544 valence electrons. The van der Waals surface area contributed by atoms with Crippen LogP contribution >= 0.6 is 34.2 Å². The maximum atomic E-state index is 15.4. The molecule has 0 aromatic rings. The number of rotatable bonds is 14. The first-order valence-electron chi connectivity index (χ1n) is 35.8. The normalized spacial score (nSPS) is 29.8. The SMILES string of the molecule is CCCC[C@@H]1NC(=O)[C@H](CC2CCCC(I)C2)NC(=O)CN(C)C(=O)[C@H](CC2CCC(Cl)CC2)N(C)C(=O)CN(C)C(=O)CN(C)C(=O)[C@H]([C@@H](C)CC)NC(=O)[C@H](CC(C)C)N(C)C(=O)C[C@@H](C(=O)N2CCCC2)N(C)C(=O)[C@H](CC2CCCCC2)NC(=O)C(C)(C)N(C)C1=O. The lowest BCUT2D eigenvalue weighted by molar-refractivity contribution is -0.152. The zero-order valence-electron chi connectivity index (χ0n) is 60.3. The van der Waals surface area contributed by atoms with Crippen molar-refractivity contribution >= 4 is 105 Å². The van der Waals surface area contributed by atoms with Crippen LogP contribution in [-0.4, -0.2) is 249 Å². The molecule has 0 radical (unpaired) electrons. The second-order valence-electron chi connectivity index (χ2n) is 29.6. The van der Waals surface area contributed by atoms with E-state index in [0.717, 1.165) is 57.8 Å². The molecule has 12 amide bonds. The van der Waals surface area contributed by atoms with Gasteiger partial charge in [-0.15, -0.1) is 11.6 Å². The highest BCUT2D eigenvalue weighted by molar-refractivity contribution is 14.1. The Kier molecular flexibility index (Phi) is 32.4. The maximum absolute atomic E-state index is 15.4. The standard InChI is InChI=1S/C70H118ClIN12O12/c1-15-17-28-51-65(92)83(14)70(6,7)69(96)75-53(37-46-24-19-18-20-25-46)64(91)82(13)56(67(94)84-33-21-22-34-84)40-58(86)80(11)54(35-44(3)4)63(90)76-61(45(5)16-2)68(95)79(10)42-59(87)77(8)43-60(88)81(12)55(39-47-29-31-49(71)32-30-47)66(93)78(9)41-57(85)73-52(62(89)74-51)38-48-26-23-27-50(72)36-48/h44-56,61H,15-43H2,1-14H3,(H,73,85)(H,74,89)(H,75,96)(H,76,90)/t45-,47?,48?,49?,50?,51-,52-,53-,54-,55-,56-,61-/m0/s1. The highest BCUT2D eigenvalue weighted by Crippen LogP contribution is 2.35. The molecule has 24 nitrogen and oxygen atoms in total. The Morgan fingerprint density at radius 1 is 0.562 bits per heavy atom. The molecule has 2 saturated heterocycles. The smallest absolute Gasteiger partial charge is 0.246 e. The molecule has 4 N–H and O–H groups in total. The van der Waals surface area contributed by atoms with Crippen LogP contribution in [0.4, 0.5) is 0 Å². The zero-order chi connectivity index (χ0) is 71.5. The number of carbonyl (C=O) groups excluding carboxylic acids is 12. The minimum atomic E-state index is -1.65. The van der Waals surface area contributed by atoms with Gasteiger partial charge in [0, 0.05) is 71.7 Å². The third-order valence-corrected chi connectivity index (χ3v) is 22.9. The number of alkyl halides is 2. The Labute approximate surface area is 591 Å². The molecule has 0 spiro atoms. The van der Waals surface area contributed by atoms with Crippen LogP contribution < -0.4 is 21.3 Å². The molecule has 3 saturated carbocycles. The van der Waals surface area contributed by atoms with Crippen molar-refractivity contribution in [2.75, 3.05) is 82.1 Å². The summed E-state index contributed by atoms with van der Waals surface area (Å²) in [5.74, 6) is -7.74. The van der Waals surface area contributed by atoms with Crippen molar-refractivity contribution in [3.8, 4) is 0 Å². The zero-order valence-corrected chi connectivity index (χ0v) is 63.2. The summed E-state index contributed by atoms with van der Waals surface area (Å²) in [7, 11) is 10.2. The van der Waals surface area contributed by atoms with Gasteiger partial charge in [0.05, 0.1) is 26.1 Å². The quantitative estimate of drug-likeness (QED) is 0.117. The van der Waals surface area contributed by atoms with Crippen LogP contribution in [0.2, 0.25) is 0 Å². The molecule has 5 aliphatic rings. The fraction of sp³-hybridized carbons (Fsp3) is 0.829. The highest BCUT2D eigenvalue weighted by atomic mass is 127. The Morgan fingerprint density at radius 3 is 1.75 bits per heavy atom. The van der Waals surface area contributed by atoms with E-state index < -0.39 is 151 Å². The first-order chi connectivity index (χ1) is 45.2. The van der Waals surface area contributed by atoms with Crippen molar-refractivity contribution in [3.05, 3.63) is 0 Å². The molecule has 2 aliphatic heterocycles. The van der Waals surface area contributed by atoms with Gasteiger partial charge in [-0.3, -0.25) is 57.5 Å². The third kappa shape index (κ3) is 23.1. The van der Waals surface area contributed by atoms with Gasteiger partial charge in [-0.2, -0.15) is 0 Å². The maximum Gasteiger partial charge on any atom is 0.246 e. The molecule has 5 rings (SSSR count).